The molecular formula is C24H19FN4O. The molecule has 30 heavy (non-hydrogen) atoms. The predicted octanol–water partition coefficient (Wildman–Crippen LogP) is 4.58. The molecule has 0 bridgehead atoms. The maximum Gasteiger partial charge on any atom is 0.222 e. The molecule has 0 radical (unpaired) electrons. The van der Waals surface area contributed by atoms with E-state index in [4.69, 9.17) is 9.97 Å². The third-order valence-corrected chi connectivity index (χ3v) is 5.25. The molecule has 0 atom stereocenters. The number of nitrogens with zero attached hydrogens (tertiary/aromatic N) is 3. The molecule has 6 heteroatoms. The minimum Gasteiger partial charge on any atom is -0.352 e. The van der Waals surface area contributed by atoms with Crippen LogP contribution in [0.1, 0.15) is 12.0 Å². The van der Waals surface area contributed by atoms with Crippen molar-refractivity contribution in [2.75, 3.05) is 0 Å². The van der Waals surface area contributed by atoms with Gasteiger partial charge >= 0.3 is 0 Å². The number of para-hydroxylation sites is 3. The second-order valence-corrected chi connectivity index (χ2v) is 7.17. The minimum atomic E-state index is -0.317. The number of carbonyl (C=O) groups excluding carboxylic acids is 1. The maximum absolute atomic E-state index is 13.8. The lowest BCUT2D eigenvalue weighted by molar-refractivity contribution is -0.121. The van der Waals surface area contributed by atoms with Gasteiger partial charge in [0.05, 0.1) is 16.6 Å². The molecule has 0 aliphatic heterocycles. The normalized spacial score (nSPS) is 11.4. The van der Waals surface area contributed by atoms with Gasteiger partial charge in [0.1, 0.15) is 11.3 Å². The number of halogens is 1. The number of aryl methyl sites for hydroxylation is 1. The summed E-state index contributed by atoms with van der Waals surface area (Å²) in [4.78, 5) is 22.1. The summed E-state index contributed by atoms with van der Waals surface area (Å²) >= 11 is 0. The maximum atomic E-state index is 13.8. The Balaban J connectivity index is 1.44. The van der Waals surface area contributed by atoms with E-state index in [0.29, 0.717) is 12.1 Å². The number of fused-ring (bicyclic) bond motifs is 4. The molecule has 0 aliphatic rings. The molecule has 0 unspecified atom stereocenters. The molecule has 0 fully saturated rings. The van der Waals surface area contributed by atoms with E-state index in [1.165, 1.54) is 6.07 Å². The fourth-order valence-corrected chi connectivity index (χ4v) is 3.75. The third kappa shape index (κ3) is 3.26. The van der Waals surface area contributed by atoms with E-state index in [9.17, 15) is 9.18 Å². The SMILES string of the molecule is O=C(CCn1c2ccccc2c2nc3ccccc3nc21)NCc1ccccc1F. The largest absolute Gasteiger partial charge is 0.352 e. The Kier molecular flexibility index (Phi) is 4.59. The van der Waals surface area contributed by atoms with E-state index < -0.39 is 0 Å². The highest BCUT2D eigenvalue weighted by Crippen LogP contribution is 2.28. The summed E-state index contributed by atoms with van der Waals surface area (Å²) in [6, 6.07) is 22.2. The molecule has 2 aromatic heterocycles. The van der Waals surface area contributed by atoms with E-state index in [0.717, 1.165) is 33.1 Å². The highest BCUT2D eigenvalue weighted by atomic mass is 19.1. The monoisotopic (exact) mass is 398 g/mol. The van der Waals surface area contributed by atoms with Gasteiger partial charge in [0.15, 0.2) is 5.65 Å². The lowest BCUT2D eigenvalue weighted by Crippen LogP contribution is -2.24. The van der Waals surface area contributed by atoms with Crippen LogP contribution in [-0.4, -0.2) is 20.4 Å². The van der Waals surface area contributed by atoms with Crippen LogP contribution in [0.3, 0.4) is 0 Å². The average molecular weight is 398 g/mol. The second kappa shape index (κ2) is 7.55. The first-order chi connectivity index (χ1) is 14.7. The van der Waals surface area contributed by atoms with Crippen LogP contribution in [0, 0.1) is 5.82 Å². The van der Waals surface area contributed by atoms with Gasteiger partial charge < -0.3 is 9.88 Å². The highest BCUT2D eigenvalue weighted by molar-refractivity contribution is 6.06. The van der Waals surface area contributed by atoms with E-state index in [1.54, 1.807) is 18.2 Å². The molecule has 0 saturated heterocycles. The lowest BCUT2D eigenvalue weighted by Gasteiger charge is -2.09. The van der Waals surface area contributed by atoms with Crippen molar-refractivity contribution >= 4 is 39.0 Å². The van der Waals surface area contributed by atoms with E-state index in [1.807, 2.05) is 53.1 Å². The minimum absolute atomic E-state index is 0.141. The van der Waals surface area contributed by atoms with Gasteiger partial charge in [-0.3, -0.25) is 4.79 Å². The van der Waals surface area contributed by atoms with Gasteiger partial charge in [0, 0.05) is 30.5 Å². The highest BCUT2D eigenvalue weighted by Gasteiger charge is 2.15. The van der Waals surface area contributed by atoms with Gasteiger partial charge in [0.25, 0.3) is 0 Å². The van der Waals surface area contributed by atoms with E-state index >= 15 is 0 Å². The van der Waals surface area contributed by atoms with Crippen LogP contribution in [0.5, 0.6) is 0 Å². The van der Waals surface area contributed by atoms with Crippen molar-refractivity contribution < 1.29 is 9.18 Å². The van der Waals surface area contributed by atoms with Crippen LogP contribution in [0.25, 0.3) is 33.1 Å². The zero-order chi connectivity index (χ0) is 20.5. The van der Waals surface area contributed by atoms with E-state index in [2.05, 4.69) is 5.32 Å². The Morgan fingerprint density at radius 1 is 0.900 bits per heavy atom. The van der Waals surface area contributed by atoms with Crippen molar-refractivity contribution in [1.29, 1.82) is 0 Å². The number of carbonyl (C=O) groups is 1. The summed E-state index contributed by atoms with van der Waals surface area (Å²) in [6.07, 6.45) is 0.261. The van der Waals surface area contributed by atoms with Crippen LogP contribution < -0.4 is 5.32 Å². The number of nitrogens with one attached hydrogen (secondary N) is 1. The number of rotatable bonds is 5. The van der Waals surface area contributed by atoms with Crippen molar-refractivity contribution in [2.45, 2.75) is 19.5 Å². The molecule has 1 N–H and O–H groups in total. The second-order valence-electron chi connectivity index (χ2n) is 7.17. The Hall–Kier alpha value is -3.80. The van der Waals surface area contributed by atoms with Gasteiger partial charge in [-0.25, -0.2) is 14.4 Å². The topological polar surface area (TPSA) is 59.8 Å². The summed E-state index contributed by atoms with van der Waals surface area (Å²) in [5.74, 6) is -0.458. The first kappa shape index (κ1) is 18.2. The number of hydrogen-bond donors (Lipinski definition) is 1. The smallest absolute Gasteiger partial charge is 0.222 e. The van der Waals surface area contributed by atoms with Crippen LogP contribution in [0.4, 0.5) is 4.39 Å². The number of aromatic nitrogens is 3. The summed E-state index contributed by atoms with van der Waals surface area (Å²) in [6.45, 7) is 0.628. The van der Waals surface area contributed by atoms with Crippen LogP contribution in [0.15, 0.2) is 72.8 Å². The van der Waals surface area contributed by atoms with Gasteiger partial charge in [-0.2, -0.15) is 0 Å². The number of amides is 1. The molecular weight excluding hydrogens is 379 g/mol. The van der Waals surface area contributed by atoms with Crippen LogP contribution in [0.2, 0.25) is 0 Å². The van der Waals surface area contributed by atoms with Gasteiger partial charge in [-0.05, 0) is 24.3 Å². The summed E-state index contributed by atoms with van der Waals surface area (Å²) in [5, 5.41) is 3.81. The Bertz CT molecular complexity index is 1390. The molecule has 0 aliphatic carbocycles. The molecule has 5 rings (SSSR count). The first-order valence-corrected chi connectivity index (χ1v) is 9.84. The molecule has 3 aromatic carbocycles. The van der Waals surface area contributed by atoms with Crippen molar-refractivity contribution in [1.82, 2.24) is 19.9 Å². The van der Waals surface area contributed by atoms with Gasteiger partial charge in [-0.15, -0.1) is 0 Å². The Morgan fingerprint density at radius 2 is 1.60 bits per heavy atom. The average Bonchev–Trinajstić information content (AvgIpc) is 3.08. The molecule has 5 nitrogen and oxygen atoms in total. The van der Waals surface area contributed by atoms with Crippen LogP contribution >= 0.6 is 0 Å². The molecule has 0 saturated carbocycles. The van der Waals surface area contributed by atoms with Crippen molar-refractivity contribution in [3.05, 3.63) is 84.2 Å². The lowest BCUT2D eigenvalue weighted by atomic mass is 10.2. The van der Waals surface area contributed by atoms with Crippen molar-refractivity contribution in [3.8, 4) is 0 Å². The molecule has 0 spiro atoms. The fourth-order valence-electron chi connectivity index (χ4n) is 3.75. The zero-order valence-electron chi connectivity index (χ0n) is 16.2. The Labute approximate surface area is 172 Å². The molecule has 5 aromatic rings. The molecule has 2 heterocycles. The predicted molar refractivity (Wildman–Crippen MR) is 115 cm³/mol. The van der Waals surface area contributed by atoms with Crippen molar-refractivity contribution in [2.24, 2.45) is 0 Å². The fraction of sp³-hybridized carbons (Fsp3) is 0.125. The van der Waals surface area contributed by atoms with Gasteiger partial charge in [-0.1, -0.05) is 48.5 Å². The van der Waals surface area contributed by atoms with Crippen molar-refractivity contribution in [3.63, 3.8) is 0 Å². The summed E-state index contributed by atoms with van der Waals surface area (Å²) in [5.41, 5.74) is 4.71. The molecule has 1 amide bonds. The first-order valence-electron chi connectivity index (χ1n) is 9.84. The van der Waals surface area contributed by atoms with Crippen LogP contribution in [-0.2, 0) is 17.9 Å². The number of benzene rings is 3. The zero-order valence-corrected chi connectivity index (χ0v) is 16.2. The molecule has 148 valence electrons. The third-order valence-electron chi connectivity index (χ3n) is 5.25. The standard InChI is InChI=1S/C24H19FN4O/c25-18-9-3-1-7-16(18)15-26-22(30)13-14-29-21-12-6-2-8-17(21)23-24(29)28-20-11-5-4-10-19(20)27-23/h1-12H,13-15H2,(H,26,30). The number of hydrogen-bond acceptors (Lipinski definition) is 3. The quantitative estimate of drug-likeness (QED) is 0.471. The van der Waals surface area contributed by atoms with Gasteiger partial charge in [0.2, 0.25) is 5.91 Å². The van der Waals surface area contributed by atoms with E-state index in [-0.39, 0.29) is 24.7 Å². The Morgan fingerprint density at radius 3 is 2.43 bits per heavy atom. The summed E-state index contributed by atoms with van der Waals surface area (Å²) < 4.78 is 15.8. The summed E-state index contributed by atoms with van der Waals surface area (Å²) in [7, 11) is 0.